The molecule has 2 rings (SSSR count). The van der Waals surface area contributed by atoms with Crippen molar-refractivity contribution in [2.45, 2.75) is 19.9 Å². The van der Waals surface area contributed by atoms with Crippen molar-refractivity contribution in [2.75, 3.05) is 33.3 Å². The number of urea groups is 1. The van der Waals surface area contributed by atoms with Crippen LogP contribution in [0.1, 0.15) is 18.9 Å². The summed E-state index contributed by atoms with van der Waals surface area (Å²) in [6.45, 7) is 3.56. The first-order valence-electron chi connectivity index (χ1n) is 8.43. The van der Waals surface area contributed by atoms with Crippen LogP contribution in [-0.2, 0) is 20.9 Å². The SMILES string of the molecule is COC(=O)[C@H](C)CN(Cc1ccccc1)C(=O)CN1CCCNC1=O. The second-order valence-electron chi connectivity index (χ2n) is 6.19. The molecule has 0 unspecified atom stereocenters. The molecule has 136 valence electrons. The van der Waals surface area contributed by atoms with Crippen molar-refractivity contribution in [3.05, 3.63) is 35.9 Å². The van der Waals surface area contributed by atoms with Crippen LogP contribution in [0.2, 0.25) is 0 Å². The lowest BCUT2D eigenvalue weighted by atomic mass is 10.1. The van der Waals surface area contributed by atoms with Gasteiger partial charge in [0.1, 0.15) is 6.54 Å². The van der Waals surface area contributed by atoms with E-state index in [-0.39, 0.29) is 31.0 Å². The summed E-state index contributed by atoms with van der Waals surface area (Å²) in [5.74, 6) is -0.980. The number of nitrogens with zero attached hydrogens (tertiary/aromatic N) is 2. The molecule has 1 N–H and O–H groups in total. The number of methoxy groups -OCH3 is 1. The van der Waals surface area contributed by atoms with Gasteiger partial charge in [0.15, 0.2) is 0 Å². The molecule has 1 saturated heterocycles. The number of amides is 3. The highest BCUT2D eigenvalue weighted by molar-refractivity contribution is 5.85. The first-order valence-corrected chi connectivity index (χ1v) is 8.43. The van der Waals surface area contributed by atoms with E-state index in [0.717, 1.165) is 12.0 Å². The Labute approximate surface area is 147 Å². The van der Waals surface area contributed by atoms with Gasteiger partial charge in [-0.1, -0.05) is 37.3 Å². The van der Waals surface area contributed by atoms with E-state index in [0.29, 0.717) is 19.6 Å². The highest BCUT2D eigenvalue weighted by Crippen LogP contribution is 2.11. The number of nitrogens with one attached hydrogen (secondary N) is 1. The third kappa shape index (κ3) is 5.48. The van der Waals surface area contributed by atoms with Crippen LogP contribution < -0.4 is 5.32 Å². The summed E-state index contributed by atoms with van der Waals surface area (Å²) in [5.41, 5.74) is 0.969. The van der Waals surface area contributed by atoms with Crippen molar-refractivity contribution in [1.82, 2.24) is 15.1 Å². The maximum absolute atomic E-state index is 12.8. The number of carbonyl (C=O) groups excluding carboxylic acids is 3. The van der Waals surface area contributed by atoms with E-state index >= 15 is 0 Å². The molecule has 0 saturated carbocycles. The lowest BCUT2D eigenvalue weighted by Crippen LogP contribution is -2.51. The molecular weight excluding hydrogens is 322 g/mol. The van der Waals surface area contributed by atoms with E-state index in [1.54, 1.807) is 11.8 Å². The second-order valence-corrected chi connectivity index (χ2v) is 6.19. The minimum atomic E-state index is -0.437. The third-order valence-electron chi connectivity index (χ3n) is 4.16. The quantitative estimate of drug-likeness (QED) is 0.753. The smallest absolute Gasteiger partial charge is 0.317 e. The van der Waals surface area contributed by atoms with Gasteiger partial charge >= 0.3 is 12.0 Å². The predicted molar refractivity (Wildman–Crippen MR) is 92.6 cm³/mol. The maximum atomic E-state index is 12.8. The van der Waals surface area contributed by atoms with Gasteiger partial charge in [0, 0.05) is 26.2 Å². The molecule has 1 heterocycles. The molecule has 3 amide bonds. The van der Waals surface area contributed by atoms with Gasteiger partial charge in [0.05, 0.1) is 13.0 Å². The Bertz CT molecular complexity index is 606. The summed E-state index contributed by atoms with van der Waals surface area (Å²) in [7, 11) is 1.33. The lowest BCUT2D eigenvalue weighted by molar-refractivity contribution is -0.146. The molecule has 1 aromatic carbocycles. The van der Waals surface area contributed by atoms with Gasteiger partial charge < -0.3 is 19.9 Å². The Hall–Kier alpha value is -2.57. The highest BCUT2D eigenvalue weighted by Gasteiger charge is 2.26. The number of hydrogen-bond acceptors (Lipinski definition) is 4. The Balaban J connectivity index is 2.07. The number of ether oxygens (including phenoxy) is 1. The summed E-state index contributed by atoms with van der Waals surface area (Å²) >= 11 is 0. The van der Waals surface area contributed by atoms with Crippen molar-refractivity contribution in [3.8, 4) is 0 Å². The monoisotopic (exact) mass is 347 g/mol. The molecule has 1 aliphatic heterocycles. The van der Waals surface area contributed by atoms with Gasteiger partial charge in [-0.05, 0) is 12.0 Å². The minimum absolute atomic E-state index is 0.00651. The molecule has 0 bridgehead atoms. The molecule has 1 aromatic rings. The van der Waals surface area contributed by atoms with Gasteiger partial charge in [0.25, 0.3) is 0 Å². The van der Waals surface area contributed by atoms with E-state index in [2.05, 4.69) is 5.32 Å². The van der Waals surface area contributed by atoms with Gasteiger partial charge in [-0.3, -0.25) is 9.59 Å². The van der Waals surface area contributed by atoms with E-state index in [1.807, 2.05) is 30.3 Å². The average molecular weight is 347 g/mol. The van der Waals surface area contributed by atoms with E-state index in [4.69, 9.17) is 4.74 Å². The van der Waals surface area contributed by atoms with Gasteiger partial charge in [-0.15, -0.1) is 0 Å². The van der Waals surface area contributed by atoms with Crippen LogP contribution in [0.5, 0.6) is 0 Å². The molecule has 0 radical (unpaired) electrons. The topological polar surface area (TPSA) is 79.0 Å². The molecule has 7 heteroatoms. The summed E-state index contributed by atoms with van der Waals surface area (Å²) < 4.78 is 4.76. The van der Waals surface area contributed by atoms with Gasteiger partial charge in [-0.2, -0.15) is 0 Å². The van der Waals surface area contributed by atoms with Crippen LogP contribution in [-0.4, -0.2) is 61.0 Å². The van der Waals surface area contributed by atoms with E-state index in [9.17, 15) is 14.4 Å². The number of hydrogen-bond donors (Lipinski definition) is 1. The second kappa shape index (κ2) is 9.05. The molecular formula is C18H25N3O4. The fraction of sp³-hybridized carbons (Fsp3) is 0.500. The Morgan fingerprint density at radius 2 is 2.04 bits per heavy atom. The fourth-order valence-corrected chi connectivity index (χ4v) is 2.76. The highest BCUT2D eigenvalue weighted by atomic mass is 16.5. The predicted octanol–water partition coefficient (Wildman–Crippen LogP) is 1.24. The standard InChI is InChI=1S/C18H25N3O4/c1-14(17(23)25-2)11-21(12-15-7-4-3-5-8-15)16(22)13-20-10-6-9-19-18(20)24/h3-5,7-8,14H,6,9-13H2,1-2H3,(H,19,24)/t14-/m1/s1. The zero-order chi connectivity index (χ0) is 18.2. The van der Waals surface area contributed by atoms with Crippen molar-refractivity contribution in [2.24, 2.45) is 5.92 Å². The molecule has 0 spiro atoms. The van der Waals surface area contributed by atoms with Crippen LogP contribution in [0.25, 0.3) is 0 Å². The summed E-state index contributed by atoms with van der Waals surface area (Å²) in [6.07, 6.45) is 0.816. The minimum Gasteiger partial charge on any atom is -0.469 e. The molecule has 1 aliphatic rings. The zero-order valence-corrected chi connectivity index (χ0v) is 14.7. The Morgan fingerprint density at radius 1 is 1.32 bits per heavy atom. The molecule has 1 atom stereocenters. The molecule has 1 fully saturated rings. The largest absolute Gasteiger partial charge is 0.469 e. The van der Waals surface area contributed by atoms with Gasteiger partial charge in [-0.25, -0.2) is 4.79 Å². The third-order valence-corrected chi connectivity index (χ3v) is 4.16. The van der Waals surface area contributed by atoms with E-state index < -0.39 is 5.92 Å². The Kier molecular flexibility index (Phi) is 6.80. The number of benzene rings is 1. The summed E-state index contributed by atoms with van der Waals surface area (Å²) in [6, 6.07) is 9.35. The van der Waals surface area contributed by atoms with E-state index in [1.165, 1.54) is 12.0 Å². The first-order chi connectivity index (χ1) is 12.0. The molecule has 25 heavy (non-hydrogen) atoms. The van der Waals surface area contributed by atoms with Gasteiger partial charge in [0.2, 0.25) is 5.91 Å². The van der Waals surface area contributed by atoms with Crippen molar-refractivity contribution in [1.29, 1.82) is 0 Å². The average Bonchev–Trinajstić information content (AvgIpc) is 2.63. The van der Waals surface area contributed by atoms with Crippen molar-refractivity contribution >= 4 is 17.9 Å². The number of rotatable bonds is 7. The van der Waals surface area contributed by atoms with Crippen LogP contribution in [0.15, 0.2) is 30.3 Å². The molecule has 0 aromatic heterocycles. The maximum Gasteiger partial charge on any atom is 0.317 e. The molecule has 7 nitrogen and oxygen atoms in total. The molecule has 0 aliphatic carbocycles. The lowest BCUT2D eigenvalue weighted by Gasteiger charge is -2.31. The first kappa shape index (κ1) is 18.8. The normalized spacial score (nSPS) is 15.3. The number of carbonyl (C=O) groups is 3. The van der Waals surface area contributed by atoms with Crippen LogP contribution >= 0.6 is 0 Å². The fourth-order valence-electron chi connectivity index (χ4n) is 2.76. The van der Waals surface area contributed by atoms with Crippen molar-refractivity contribution in [3.63, 3.8) is 0 Å². The number of esters is 1. The van der Waals surface area contributed by atoms with Crippen LogP contribution in [0.3, 0.4) is 0 Å². The van der Waals surface area contributed by atoms with Crippen molar-refractivity contribution < 1.29 is 19.1 Å². The Morgan fingerprint density at radius 3 is 2.68 bits per heavy atom. The summed E-state index contributed by atoms with van der Waals surface area (Å²) in [4.78, 5) is 39.5. The van der Waals surface area contributed by atoms with Crippen LogP contribution in [0, 0.1) is 5.92 Å². The van der Waals surface area contributed by atoms with Crippen LogP contribution in [0.4, 0.5) is 4.79 Å². The summed E-state index contributed by atoms with van der Waals surface area (Å²) in [5, 5.41) is 2.74. The zero-order valence-electron chi connectivity index (χ0n) is 14.7.